The molecule has 0 bridgehead atoms. The molecule has 0 fully saturated rings. The number of phenolic OH excluding ortho intramolecular Hbond substituents is 1. The summed E-state index contributed by atoms with van der Waals surface area (Å²) < 4.78 is 27.9. The van der Waals surface area contributed by atoms with Gasteiger partial charge in [0.25, 0.3) is 0 Å². The van der Waals surface area contributed by atoms with E-state index in [1.54, 1.807) is 29.2 Å². The average molecular weight is 282 g/mol. The Kier molecular flexibility index (Phi) is 4.13. The second kappa shape index (κ2) is 5.81. The normalized spacial score (nSPS) is 11.6. The monoisotopic (exact) mass is 282 g/mol. The molecule has 102 valence electrons. The zero-order valence-electron chi connectivity index (χ0n) is 10.1. The molecule has 0 saturated heterocycles. The van der Waals surface area contributed by atoms with Gasteiger partial charge >= 0.3 is 0 Å². The molecule has 0 radical (unpaired) electrons. The highest BCUT2D eigenvalue weighted by Crippen LogP contribution is 2.20. The summed E-state index contributed by atoms with van der Waals surface area (Å²) in [6, 6.07) is 5.82. The second-order valence-electron chi connectivity index (χ2n) is 3.89. The van der Waals surface area contributed by atoms with Gasteiger partial charge < -0.3 is 5.11 Å². The Hall–Kier alpha value is -1.93. The first-order chi connectivity index (χ1) is 9.09. The molecule has 0 atom stereocenters. The first-order valence-corrected chi connectivity index (χ1v) is 7.20. The van der Waals surface area contributed by atoms with Crippen LogP contribution in [0.15, 0.2) is 41.6 Å². The van der Waals surface area contributed by atoms with E-state index in [0.29, 0.717) is 13.0 Å². The van der Waals surface area contributed by atoms with Crippen molar-refractivity contribution in [2.45, 2.75) is 17.9 Å². The molecule has 0 aliphatic rings. The highest BCUT2D eigenvalue weighted by atomic mass is 32.2. The van der Waals surface area contributed by atoms with Gasteiger partial charge in [0.2, 0.25) is 10.0 Å². The highest BCUT2D eigenvalue weighted by Gasteiger charge is 2.16. The van der Waals surface area contributed by atoms with E-state index < -0.39 is 10.0 Å². The number of rotatable bonds is 6. The second-order valence-corrected chi connectivity index (χ2v) is 5.62. The lowest BCUT2D eigenvalue weighted by Gasteiger charge is -2.07. The zero-order chi connectivity index (χ0) is 13.7. The van der Waals surface area contributed by atoms with Crippen LogP contribution in [0.25, 0.3) is 0 Å². The maximum absolute atomic E-state index is 11.9. The van der Waals surface area contributed by atoms with Crippen LogP contribution in [0.1, 0.15) is 6.42 Å². The van der Waals surface area contributed by atoms with Gasteiger partial charge in [-0.15, -0.1) is 5.10 Å². The van der Waals surface area contributed by atoms with E-state index in [-0.39, 0.29) is 17.2 Å². The molecule has 2 rings (SSSR count). The van der Waals surface area contributed by atoms with Gasteiger partial charge in [-0.2, -0.15) is 0 Å². The third kappa shape index (κ3) is 3.52. The predicted octanol–water partition coefficient (Wildman–Crippen LogP) is 0.352. The van der Waals surface area contributed by atoms with Gasteiger partial charge in [-0.05, 0) is 18.6 Å². The molecule has 0 aliphatic carbocycles. The number of sulfonamides is 1. The Morgan fingerprint density at radius 3 is 2.79 bits per heavy atom. The van der Waals surface area contributed by atoms with Crippen molar-refractivity contribution in [3.05, 3.63) is 36.7 Å². The van der Waals surface area contributed by atoms with E-state index in [4.69, 9.17) is 0 Å². The van der Waals surface area contributed by atoms with Crippen LogP contribution in [0.3, 0.4) is 0 Å². The van der Waals surface area contributed by atoms with E-state index in [0.717, 1.165) is 0 Å². The Morgan fingerprint density at radius 2 is 2.11 bits per heavy atom. The number of benzene rings is 1. The molecule has 2 N–H and O–H groups in total. The fourth-order valence-electron chi connectivity index (χ4n) is 1.56. The number of para-hydroxylation sites is 1. The van der Waals surface area contributed by atoms with Crippen molar-refractivity contribution in [1.82, 2.24) is 19.7 Å². The van der Waals surface area contributed by atoms with Crippen LogP contribution in [-0.2, 0) is 16.6 Å². The zero-order valence-corrected chi connectivity index (χ0v) is 10.9. The number of hydrogen-bond acceptors (Lipinski definition) is 5. The minimum Gasteiger partial charge on any atom is -0.507 e. The van der Waals surface area contributed by atoms with E-state index in [9.17, 15) is 13.5 Å². The fourth-order valence-corrected chi connectivity index (χ4v) is 2.73. The first-order valence-electron chi connectivity index (χ1n) is 5.71. The SMILES string of the molecule is O=S(=O)(NCCCn1ccnn1)c1ccccc1O. The molecule has 1 heterocycles. The molecular formula is C11H14N4O3S. The molecule has 2 aromatic rings. The van der Waals surface area contributed by atoms with Crippen LogP contribution in [-0.4, -0.2) is 35.1 Å². The van der Waals surface area contributed by atoms with Crippen LogP contribution in [0.5, 0.6) is 5.75 Å². The van der Waals surface area contributed by atoms with Gasteiger partial charge in [0.1, 0.15) is 10.6 Å². The standard InChI is InChI=1S/C11H14N4O3S/c16-10-4-1-2-5-11(10)19(17,18)13-6-3-8-15-9-7-12-14-15/h1-2,4-5,7,9,13,16H,3,6,8H2. The van der Waals surface area contributed by atoms with Crippen molar-refractivity contribution in [1.29, 1.82) is 0 Å². The quantitative estimate of drug-likeness (QED) is 0.745. The first kappa shape index (κ1) is 13.5. The van der Waals surface area contributed by atoms with Crippen molar-refractivity contribution >= 4 is 10.0 Å². The van der Waals surface area contributed by atoms with Crippen molar-refractivity contribution in [3.8, 4) is 5.75 Å². The summed E-state index contributed by atoms with van der Waals surface area (Å²) in [5, 5.41) is 16.9. The molecule has 8 heteroatoms. The molecule has 19 heavy (non-hydrogen) atoms. The van der Waals surface area contributed by atoms with Crippen molar-refractivity contribution in [2.24, 2.45) is 0 Å². The maximum atomic E-state index is 11.9. The number of hydrogen-bond donors (Lipinski definition) is 2. The number of aromatic nitrogens is 3. The van der Waals surface area contributed by atoms with E-state index >= 15 is 0 Å². The summed E-state index contributed by atoms with van der Waals surface area (Å²) in [4.78, 5) is -0.115. The smallest absolute Gasteiger partial charge is 0.244 e. The molecule has 0 amide bonds. The summed E-state index contributed by atoms with van der Waals surface area (Å²) in [5.74, 6) is -0.258. The Balaban J connectivity index is 1.90. The van der Waals surface area contributed by atoms with Gasteiger partial charge in [0, 0.05) is 19.3 Å². The molecule has 0 spiro atoms. The number of aromatic hydroxyl groups is 1. The van der Waals surface area contributed by atoms with Gasteiger partial charge in [-0.3, -0.25) is 4.68 Å². The van der Waals surface area contributed by atoms with Gasteiger partial charge in [0.15, 0.2) is 0 Å². The molecule has 0 saturated carbocycles. The minimum absolute atomic E-state index is 0.115. The van der Waals surface area contributed by atoms with E-state index in [1.165, 1.54) is 12.1 Å². The van der Waals surface area contributed by atoms with Crippen molar-refractivity contribution in [2.75, 3.05) is 6.54 Å². The number of nitrogens with zero attached hydrogens (tertiary/aromatic N) is 3. The Labute approximate surface area is 110 Å². The number of phenols is 1. The van der Waals surface area contributed by atoms with E-state index in [2.05, 4.69) is 15.0 Å². The average Bonchev–Trinajstić information content (AvgIpc) is 2.88. The van der Waals surface area contributed by atoms with Crippen molar-refractivity contribution in [3.63, 3.8) is 0 Å². The molecular weight excluding hydrogens is 268 g/mol. The number of nitrogens with one attached hydrogen (secondary N) is 1. The molecule has 0 aliphatic heterocycles. The van der Waals surface area contributed by atoms with Gasteiger partial charge in [-0.25, -0.2) is 13.1 Å². The third-order valence-electron chi connectivity index (χ3n) is 2.48. The third-order valence-corrected chi connectivity index (χ3v) is 3.99. The number of aryl methyl sites for hydroxylation is 1. The fraction of sp³-hybridized carbons (Fsp3) is 0.273. The largest absolute Gasteiger partial charge is 0.507 e. The molecule has 7 nitrogen and oxygen atoms in total. The lowest BCUT2D eigenvalue weighted by molar-refractivity contribution is 0.457. The Morgan fingerprint density at radius 1 is 1.32 bits per heavy atom. The van der Waals surface area contributed by atoms with Gasteiger partial charge in [0.05, 0.1) is 6.20 Å². The van der Waals surface area contributed by atoms with Crippen LogP contribution in [0, 0.1) is 0 Å². The topological polar surface area (TPSA) is 97.1 Å². The van der Waals surface area contributed by atoms with Crippen LogP contribution in [0.4, 0.5) is 0 Å². The maximum Gasteiger partial charge on any atom is 0.244 e. The van der Waals surface area contributed by atoms with Crippen molar-refractivity contribution < 1.29 is 13.5 Å². The summed E-state index contributed by atoms with van der Waals surface area (Å²) >= 11 is 0. The summed E-state index contributed by atoms with van der Waals surface area (Å²) in [6.07, 6.45) is 3.85. The Bertz CT molecular complexity index is 625. The molecule has 1 aromatic heterocycles. The highest BCUT2D eigenvalue weighted by molar-refractivity contribution is 7.89. The summed E-state index contributed by atoms with van der Waals surface area (Å²) in [5.41, 5.74) is 0. The minimum atomic E-state index is -3.68. The summed E-state index contributed by atoms with van der Waals surface area (Å²) in [6.45, 7) is 0.833. The van der Waals surface area contributed by atoms with Gasteiger partial charge in [-0.1, -0.05) is 17.3 Å². The predicted molar refractivity (Wildman–Crippen MR) is 67.9 cm³/mol. The van der Waals surface area contributed by atoms with E-state index in [1.807, 2.05) is 0 Å². The molecule has 0 unspecified atom stereocenters. The van der Waals surface area contributed by atoms with Crippen LogP contribution >= 0.6 is 0 Å². The molecule has 1 aromatic carbocycles. The summed E-state index contributed by atoms with van der Waals surface area (Å²) in [7, 11) is -3.68. The van der Waals surface area contributed by atoms with Crippen LogP contribution in [0.2, 0.25) is 0 Å². The van der Waals surface area contributed by atoms with Crippen LogP contribution < -0.4 is 4.72 Å². The lowest BCUT2D eigenvalue weighted by Crippen LogP contribution is -2.25. The lowest BCUT2D eigenvalue weighted by atomic mass is 10.3.